The van der Waals surface area contributed by atoms with E-state index >= 15 is 0 Å². The summed E-state index contributed by atoms with van der Waals surface area (Å²) in [4.78, 5) is 22.9. The lowest BCUT2D eigenvalue weighted by molar-refractivity contribution is -0.305. The van der Waals surface area contributed by atoms with Gasteiger partial charge in [0.2, 0.25) is 0 Å². The van der Waals surface area contributed by atoms with Crippen LogP contribution in [0.15, 0.2) is 54.6 Å². The van der Waals surface area contributed by atoms with Crippen molar-refractivity contribution in [2.75, 3.05) is 11.9 Å². The van der Waals surface area contributed by atoms with Gasteiger partial charge in [0, 0.05) is 36.1 Å². The smallest absolute Gasteiger partial charge is 0.251 e. The molecule has 5 heteroatoms. The minimum atomic E-state index is -1.17. The van der Waals surface area contributed by atoms with E-state index < -0.39 is 5.97 Å². The van der Waals surface area contributed by atoms with Gasteiger partial charge in [0.15, 0.2) is 0 Å². The molecule has 0 fully saturated rings. The van der Waals surface area contributed by atoms with Gasteiger partial charge in [-0.2, -0.15) is 0 Å². The maximum Gasteiger partial charge on any atom is 0.251 e. The quantitative estimate of drug-likeness (QED) is 0.788. The van der Waals surface area contributed by atoms with Gasteiger partial charge >= 0.3 is 0 Å². The monoisotopic (exact) mass is 375 g/mol. The van der Waals surface area contributed by atoms with Crippen LogP contribution in [-0.4, -0.2) is 18.4 Å². The molecule has 0 saturated carbocycles. The average Bonchev–Trinajstić information content (AvgIpc) is 3.17. The summed E-state index contributed by atoms with van der Waals surface area (Å²) in [6, 6.07) is 14.4. The molecule has 5 nitrogen and oxygen atoms in total. The number of carbonyl (C=O) groups is 2. The molecule has 2 aliphatic rings. The molecular formula is C23H23N2O3-. The third kappa shape index (κ3) is 3.40. The number of benzene rings is 2. The predicted octanol–water partition coefficient (Wildman–Crippen LogP) is 2.69. The Morgan fingerprint density at radius 2 is 2.00 bits per heavy atom. The molecular weight excluding hydrogens is 352 g/mol. The average molecular weight is 375 g/mol. The fraction of sp³-hybridized carbons (Fsp3) is 0.304. The van der Waals surface area contributed by atoms with Crippen molar-refractivity contribution in [2.24, 2.45) is 5.92 Å². The number of amides is 1. The standard InChI is InChI=1S/C23H24N2O3/c1-14-5-2-3-6-16(14)22-18-8-4-7-17(18)19-13-15(9-10-20(19)25-22)23(28)24-12-11-21(26)27/h2-7,9-10,13,17-18,22,25H,8,11-12H2,1H3,(H,24,28)(H,26,27)/p-1/t17-,18-,22+/m1/s1. The first-order chi connectivity index (χ1) is 13.5. The maximum absolute atomic E-state index is 12.4. The van der Waals surface area contributed by atoms with Crippen molar-refractivity contribution in [3.8, 4) is 0 Å². The molecule has 1 amide bonds. The third-order valence-electron chi connectivity index (χ3n) is 5.76. The highest BCUT2D eigenvalue weighted by atomic mass is 16.4. The fourth-order valence-electron chi connectivity index (χ4n) is 4.36. The Labute approximate surface area is 164 Å². The van der Waals surface area contributed by atoms with E-state index in [1.807, 2.05) is 12.1 Å². The summed E-state index contributed by atoms with van der Waals surface area (Å²) in [6.45, 7) is 2.21. The van der Waals surface area contributed by atoms with Crippen LogP contribution < -0.4 is 15.7 Å². The lowest BCUT2D eigenvalue weighted by atomic mass is 9.76. The van der Waals surface area contributed by atoms with Crippen LogP contribution in [0, 0.1) is 12.8 Å². The van der Waals surface area contributed by atoms with Gasteiger partial charge in [-0.3, -0.25) is 4.79 Å². The molecule has 2 N–H and O–H groups in total. The van der Waals surface area contributed by atoms with Crippen molar-refractivity contribution in [2.45, 2.75) is 31.7 Å². The van der Waals surface area contributed by atoms with Gasteiger partial charge in [0.1, 0.15) is 0 Å². The molecule has 3 atom stereocenters. The second-order valence-corrected chi connectivity index (χ2v) is 7.51. The van der Waals surface area contributed by atoms with Crippen LogP contribution in [-0.2, 0) is 4.79 Å². The predicted molar refractivity (Wildman–Crippen MR) is 106 cm³/mol. The lowest BCUT2D eigenvalue weighted by Gasteiger charge is -2.38. The second-order valence-electron chi connectivity index (χ2n) is 7.51. The number of rotatable bonds is 5. The van der Waals surface area contributed by atoms with Crippen LogP contribution in [0.4, 0.5) is 5.69 Å². The zero-order valence-corrected chi connectivity index (χ0v) is 15.8. The Morgan fingerprint density at radius 3 is 2.79 bits per heavy atom. The van der Waals surface area contributed by atoms with E-state index in [4.69, 9.17) is 0 Å². The van der Waals surface area contributed by atoms with Crippen LogP contribution in [0.3, 0.4) is 0 Å². The normalized spacial score (nSPS) is 22.1. The highest BCUT2D eigenvalue weighted by molar-refractivity contribution is 5.95. The molecule has 0 spiro atoms. The van der Waals surface area contributed by atoms with E-state index in [1.165, 1.54) is 11.1 Å². The number of anilines is 1. The first-order valence-electron chi connectivity index (χ1n) is 9.65. The minimum absolute atomic E-state index is 0.0673. The van der Waals surface area contributed by atoms with Gasteiger partial charge in [0.05, 0.1) is 6.04 Å². The minimum Gasteiger partial charge on any atom is -0.550 e. The van der Waals surface area contributed by atoms with Crippen molar-refractivity contribution in [3.63, 3.8) is 0 Å². The van der Waals surface area contributed by atoms with Crippen LogP contribution in [0.2, 0.25) is 0 Å². The molecule has 0 radical (unpaired) electrons. The lowest BCUT2D eigenvalue weighted by Crippen LogP contribution is -2.32. The number of nitrogens with one attached hydrogen (secondary N) is 2. The van der Waals surface area contributed by atoms with Gasteiger partial charge in [0.25, 0.3) is 5.91 Å². The molecule has 28 heavy (non-hydrogen) atoms. The fourth-order valence-corrected chi connectivity index (χ4v) is 4.36. The number of aliphatic carboxylic acids is 1. The molecule has 0 bridgehead atoms. The van der Waals surface area contributed by atoms with Crippen molar-refractivity contribution < 1.29 is 14.7 Å². The summed E-state index contributed by atoms with van der Waals surface area (Å²) in [5, 5.41) is 16.9. The zero-order valence-electron chi connectivity index (χ0n) is 15.8. The molecule has 1 heterocycles. The third-order valence-corrected chi connectivity index (χ3v) is 5.76. The maximum atomic E-state index is 12.4. The van der Waals surface area contributed by atoms with E-state index in [2.05, 4.69) is 54.0 Å². The summed E-state index contributed by atoms with van der Waals surface area (Å²) in [6.07, 6.45) is 5.28. The van der Waals surface area contributed by atoms with Crippen LogP contribution in [0.25, 0.3) is 0 Å². The molecule has 4 rings (SSSR count). The zero-order chi connectivity index (χ0) is 19.7. The highest BCUT2D eigenvalue weighted by Gasteiger charge is 2.38. The van der Waals surface area contributed by atoms with Gasteiger partial charge in [-0.25, -0.2) is 0 Å². The van der Waals surface area contributed by atoms with E-state index in [9.17, 15) is 14.7 Å². The van der Waals surface area contributed by atoms with E-state index in [1.54, 1.807) is 6.07 Å². The highest BCUT2D eigenvalue weighted by Crippen LogP contribution is 2.50. The van der Waals surface area contributed by atoms with Crippen LogP contribution in [0.1, 0.15) is 51.8 Å². The first-order valence-corrected chi connectivity index (χ1v) is 9.65. The van der Waals surface area contributed by atoms with Gasteiger partial charge in [-0.15, -0.1) is 0 Å². The van der Waals surface area contributed by atoms with Crippen molar-refractivity contribution in [3.05, 3.63) is 76.9 Å². The molecule has 0 unspecified atom stereocenters. The summed E-state index contributed by atoms with van der Waals surface area (Å²) in [5.41, 5.74) is 5.31. The summed E-state index contributed by atoms with van der Waals surface area (Å²) >= 11 is 0. The molecule has 2 aromatic rings. The number of carbonyl (C=O) groups excluding carboxylic acids is 2. The molecule has 0 aromatic heterocycles. The van der Waals surface area contributed by atoms with Crippen molar-refractivity contribution in [1.82, 2.24) is 5.32 Å². The number of fused-ring (bicyclic) bond motifs is 3. The molecule has 1 aliphatic carbocycles. The Balaban J connectivity index is 1.61. The number of hydrogen-bond donors (Lipinski definition) is 2. The van der Waals surface area contributed by atoms with E-state index in [-0.39, 0.29) is 30.8 Å². The molecule has 1 aliphatic heterocycles. The Bertz CT molecular complexity index is 951. The summed E-state index contributed by atoms with van der Waals surface area (Å²) < 4.78 is 0. The van der Waals surface area contributed by atoms with Crippen LogP contribution >= 0.6 is 0 Å². The SMILES string of the molecule is Cc1ccccc1[C@@H]1Nc2ccc(C(=O)NCCC(=O)[O-])cc2[C@@H]2C=CC[C@H]21. The number of allylic oxidation sites excluding steroid dienone is 2. The van der Waals surface area contributed by atoms with Gasteiger partial charge < -0.3 is 20.5 Å². The summed E-state index contributed by atoms with van der Waals surface area (Å²) in [5.74, 6) is -0.762. The molecule has 144 valence electrons. The Morgan fingerprint density at radius 1 is 1.18 bits per heavy atom. The number of carboxylic acids is 1. The van der Waals surface area contributed by atoms with E-state index in [0.717, 1.165) is 17.7 Å². The Kier molecular flexibility index (Phi) is 4.90. The van der Waals surface area contributed by atoms with Gasteiger partial charge in [-0.05, 0) is 54.2 Å². The number of carboxylic acid groups (broad SMARTS) is 1. The number of aryl methyl sites for hydroxylation is 1. The van der Waals surface area contributed by atoms with Crippen LogP contribution in [0.5, 0.6) is 0 Å². The molecule has 2 aromatic carbocycles. The van der Waals surface area contributed by atoms with Crippen molar-refractivity contribution >= 4 is 17.6 Å². The van der Waals surface area contributed by atoms with Crippen molar-refractivity contribution in [1.29, 1.82) is 0 Å². The van der Waals surface area contributed by atoms with E-state index in [0.29, 0.717) is 11.5 Å². The Hall–Kier alpha value is -3.08. The number of hydrogen-bond acceptors (Lipinski definition) is 4. The largest absolute Gasteiger partial charge is 0.550 e. The second kappa shape index (κ2) is 7.50. The molecule has 0 saturated heterocycles. The summed E-state index contributed by atoms with van der Waals surface area (Å²) in [7, 11) is 0. The topological polar surface area (TPSA) is 81.3 Å². The van der Waals surface area contributed by atoms with Gasteiger partial charge in [-0.1, -0.05) is 36.4 Å². The first kappa shape index (κ1) is 18.3.